The minimum absolute atomic E-state index is 0.0617. The molecule has 110 valence electrons. The summed E-state index contributed by atoms with van der Waals surface area (Å²) in [7, 11) is 0. The summed E-state index contributed by atoms with van der Waals surface area (Å²) in [4.78, 5) is 14.5. The van der Waals surface area contributed by atoms with Gasteiger partial charge in [0.25, 0.3) is 5.69 Å². The molecule has 1 aliphatic rings. The molecule has 1 aromatic heterocycles. The van der Waals surface area contributed by atoms with Crippen LogP contribution in [0.5, 0.6) is 0 Å². The van der Waals surface area contributed by atoms with Gasteiger partial charge in [0.1, 0.15) is 12.0 Å². The van der Waals surface area contributed by atoms with Crippen LogP contribution in [-0.2, 0) is 0 Å². The van der Waals surface area contributed by atoms with Crippen LogP contribution in [-0.4, -0.2) is 29.0 Å². The molecule has 0 spiro atoms. The van der Waals surface area contributed by atoms with Crippen LogP contribution in [0.3, 0.4) is 0 Å². The lowest BCUT2D eigenvalue weighted by Crippen LogP contribution is -2.50. The lowest BCUT2D eigenvalue weighted by molar-refractivity contribution is -0.385. The second-order valence-corrected chi connectivity index (χ2v) is 6.09. The molecule has 6 heteroatoms. The van der Waals surface area contributed by atoms with Crippen molar-refractivity contribution >= 4 is 11.5 Å². The summed E-state index contributed by atoms with van der Waals surface area (Å²) in [5.74, 6) is 0.691. The number of hydrogen-bond acceptors (Lipinski definition) is 5. The second-order valence-electron chi connectivity index (χ2n) is 6.09. The van der Waals surface area contributed by atoms with Gasteiger partial charge in [-0.15, -0.1) is 0 Å². The van der Waals surface area contributed by atoms with Crippen LogP contribution in [0.4, 0.5) is 11.5 Å². The molecule has 0 radical (unpaired) electrons. The molecule has 1 unspecified atom stereocenters. The van der Waals surface area contributed by atoms with E-state index in [1.54, 1.807) is 13.0 Å². The van der Waals surface area contributed by atoms with Crippen molar-refractivity contribution in [1.29, 1.82) is 0 Å². The van der Waals surface area contributed by atoms with Crippen molar-refractivity contribution < 1.29 is 4.92 Å². The van der Waals surface area contributed by atoms with Crippen molar-refractivity contribution in [2.75, 3.05) is 18.4 Å². The highest BCUT2D eigenvalue weighted by molar-refractivity contribution is 5.46. The minimum atomic E-state index is -0.405. The molecule has 1 aliphatic heterocycles. The second kappa shape index (κ2) is 5.75. The maximum absolute atomic E-state index is 10.8. The summed E-state index contributed by atoms with van der Waals surface area (Å²) < 4.78 is 0. The molecule has 0 bridgehead atoms. The summed E-state index contributed by atoms with van der Waals surface area (Å²) in [5.41, 5.74) is 0.941. The predicted octanol–water partition coefficient (Wildman–Crippen LogP) is 2.49. The summed E-state index contributed by atoms with van der Waals surface area (Å²) in [6.07, 6.45) is 3.73. The van der Waals surface area contributed by atoms with Crippen molar-refractivity contribution in [3.8, 4) is 0 Å². The summed E-state index contributed by atoms with van der Waals surface area (Å²) in [6.45, 7) is 8.08. The molecule has 1 aromatic rings. The van der Waals surface area contributed by atoms with Gasteiger partial charge in [-0.1, -0.05) is 13.8 Å². The third-order valence-electron chi connectivity index (χ3n) is 4.10. The topological polar surface area (TPSA) is 80.1 Å². The fourth-order valence-corrected chi connectivity index (χ4v) is 2.66. The molecular formula is C14H22N4O2. The monoisotopic (exact) mass is 278 g/mol. The summed E-state index contributed by atoms with van der Waals surface area (Å²) >= 11 is 0. The maximum atomic E-state index is 10.8. The standard InChI is InChI=1S/C14H22N4O2/c1-10-7-13(16-8-11(10)18(19)20)17-9-12-14(2,3)5-4-6-15-12/h7-8,12,15H,4-6,9H2,1-3H3,(H,16,17). The van der Waals surface area contributed by atoms with Crippen molar-refractivity contribution in [3.05, 3.63) is 27.9 Å². The van der Waals surface area contributed by atoms with E-state index >= 15 is 0 Å². The van der Waals surface area contributed by atoms with Gasteiger partial charge < -0.3 is 10.6 Å². The van der Waals surface area contributed by atoms with Gasteiger partial charge in [0.15, 0.2) is 0 Å². The number of anilines is 1. The summed E-state index contributed by atoms with van der Waals surface area (Å²) in [6, 6.07) is 2.11. The third-order valence-corrected chi connectivity index (χ3v) is 4.10. The molecule has 1 fully saturated rings. The first kappa shape index (κ1) is 14.7. The molecule has 2 rings (SSSR count). The average molecular weight is 278 g/mol. The van der Waals surface area contributed by atoms with E-state index in [2.05, 4.69) is 29.5 Å². The van der Waals surface area contributed by atoms with Gasteiger partial charge in [-0.05, 0) is 37.8 Å². The SMILES string of the molecule is Cc1cc(NCC2NCCCC2(C)C)ncc1[N+](=O)[O-]. The Labute approximate surface area is 119 Å². The van der Waals surface area contributed by atoms with Gasteiger partial charge in [0, 0.05) is 18.2 Å². The molecule has 1 atom stereocenters. The van der Waals surface area contributed by atoms with E-state index in [1.165, 1.54) is 19.0 Å². The zero-order chi connectivity index (χ0) is 14.8. The minimum Gasteiger partial charge on any atom is -0.368 e. The number of hydrogen-bond donors (Lipinski definition) is 2. The number of aromatic nitrogens is 1. The van der Waals surface area contributed by atoms with Gasteiger partial charge >= 0.3 is 0 Å². The number of piperidine rings is 1. The molecule has 0 aromatic carbocycles. The van der Waals surface area contributed by atoms with E-state index in [1.807, 2.05) is 0 Å². The van der Waals surface area contributed by atoms with E-state index in [0.717, 1.165) is 13.1 Å². The van der Waals surface area contributed by atoms with E-state index in [-0.39, 0.29) is 11.1 Å². The average Bonchev–Trinajstić information content (AvgIpc) is 2.36. The van der Waals surface area contributed by atoms with Crippen LogP contribution in [0.1, 0.15) is 32.3 Å². The Hall–Kier alpha value is -1.69. The Balaban J connectivity index is 2.00. The Morgan fingerprint density at radius 1 is 1.60 bits per heavy atom. The summed E-state index contributed by atoms with van der Waals surface area (Å²) in [5, 5.41) is 17.6. The molecule has 0 saturated carbocycles. The Morgan fingerprint density at radius 2 is 2.35 bits per heavy atom. The molecular weight excluding hydrogens is 256 g/mol. The first-order valence-electron chi connectivity index (χ1n) is 6.98. The number of rotatable bonds is 4. The lowest BCUT2D eigenvalue weighted by atomic mass is 9.77. The van der Waals surface area contributed by atoms with Gasteiger partial charge in [-0.2, -0.15) is 0 Å². The van der Waals surface area contributed by atoms with Crippen molar-refractivity contribution in [2.24, 2.45) is 5.41 Å². The number of nitrogens with zero attached hydrogens (tertiary/aromatic N) is 2. The van der Waals surface area contributed by atoms with E-state index in [9.17, 15) is 10.1 Å². The zero-order valence-electron chi connectivity index (χ0n) is 12.3. The first-order chi connectivity index (χ1) is 9.40. The van der Waals surface area contributed by atoms with Crippen LogP contribution in [0, 0.1) is 22.5 Å². The quantitative estimate of drug-likeness (QED) is 0.653. The highest BCUT2D eigenvalue weighted by Gasteiger charge is 2.31. The van der Waals surface area contributed by atoms with Gasteiger partial charge in [-0.3, -0.25) is 10.1 Å². The molecule has 6 nitrogen and oxygen atoms in total. The zero-order valence-corrected chi connectivity index (χ0v) is 12.3. The van der Waals surface area contributed by atoms with E-state index in [0.29, 0.717) is 17.4 Å². The molecule has 0 amide bonds. The third kappa shape index (κ3) is 3.25. The first-order valence-corrected chi connectivity index (χ1v) is 6.98. The highest BCUT2D eigenvalue weighted by atomic mass is 16.6. The molecule has 0 aliphatic carbocycles. The fourth-order valence-electron chi connectivity index (χ4n) is 2.66. The fraction of sp³-hybridized carbons (Fsp3) is 0.643. The van der Waals surface area contributed by atoms with Gasteiger partial charge in [0.2, 0.25) is 0 Å². The Bertz CT molecular complexity index is 502. The van der Waals surface area contributed by atoms with Crippen LogP contribution >= 0.6 is 0 Å². The Morgan fingerprint density at radius 3 is 2.95 bits per heavy atom. The van der Waals surface area contributed by atoms with Gasteiger partial charge in [0.05, 0.1) is 4.92 Å². The number of aryl methyl sites for hydroxylation is 1. The largest absolute Gasteiger partial charge is 0.368 e. The van der Waals surface area contributed by atoms with Crippen molar-refractivity contribution in [1.82, 2.24) is 10.3 Å². The van der Waals surface area contributed by atoms with E-state index < -0.39 is 4.92 Å². The highest BCUT2D eigenvalue weighted by Crippen LogP contribution is 2.30. The lowest BCUT2D eigenvalue weighted by Gasteiger charge is -2.39. The van der Waals surface area contributed by atoms with Gasteiger partial charge in [-0.25, -0.2) is 4.98 Å². The predicted molar refractivity (Wildman–Crippen MR) is 78.9 cm³/mol. The van der Waals surface area contributed by atoms with Crippen molar-refractivity contribution in [3.63, 3.8) is 0 Å². The Kier molecular flexibility index (Phi) is 4.23. The number of nitro groups is 1. The molecule has 2 heterocycles. The number of pyridine rings is 1. The van der Waals surface area contributed by atoms with E-state index in [4.69, 9.17) is 0 Å². The van der Waals surface area contributed by atoms with Crippen LogP contribution in [0.2, 0.25) is 0 Å². The van der Waals surface area contributed by atoms with Crippen LogP contribution < -0.4 is 10.6 Å². The smallest absolute Gasteiger partial charge is 0.290 e. The molecule has 20 heavy (non-hydrogen) atoms. The van der Waals surface area contributed by atoms with Crippen molar-refractivity contribution in [2.45, 2.75) is 39.7 Å². The molecule has 2 N–H and O–H groups in total. The van der Waals surface area contributed by atoms with Crippen LogP contribution in [0.25, 0.3) is 0 Å². The maximum Gasteiger partial charge on any atom is 0.290 e. The molecule has 1 saturated heterocycles. The van der Waals surface area contributed by atoms with Crippen LogP contribution in [0.15, 0.2) is 12.3 Å². The number of nitrogens with one attached hydrogen (secondary N) is 2. The normalized spacial score (nSPS) is 21.4.